The molecule has 1 N–H and O–H groups in total. The van der Waals surface area contributed by atoms with Gasteiger partial charge in [-0.15, -0.1) is 0 Å². The van der Waals surface area contributed by atoms with Gasteiger partial charge in [-0.3, -0.25) is 0 Å². The van der Waals surface area contributed by atoms with Crippen LogP contribution in [0.5, 0.6) is 0 Å². The van der Waals surface area contributed by atoms with E-state index in [0.29, 0.717) is 6.04 Å². The fraction of sp³-hybridized carbons (Fsp3) is 0.733. The number of hydrogen-bond acceptors (Lipinski definition) is 3. The van der Waals surface area contributed by atoms with Crippen LogP contribution >= 0.6 is 0 Å². The van der Waals surface area contributed by atoms with Crippen molar-refractivity contribution < 1.29 is 0 Å². The molecule has 1 aromatic heterocycles. The van der Waals surface area contributed by atoms with Crippen molar-refractivity contribution in [3.8, 4) is 0 Å². The maximum atomic E-state index is 4.02. The Kier molecular flexibility index (Phi) is 5.59. The van der Waals surface area contributed by atoms with Crippen LogP contribution in [-0.4, -0.2) is 16.7 Å². The van der Waals surface area contributed by atoms with Gasteiger partial charge in [0.25, 0.3) is 0 Å². The summed E-state index contributed by atoms with van der Waals surface area (Å²) in [7, 11) is 0. The minimum absolute atomic E-state index is 0.462. The zero-order valence-corrected chi connectivity index (χ0v) is 11.4. The van der Waals surface area contributed by atoms with Gasteiger partial charge in [-0.2, -0.15) is 10.2 Å². The molecule has 2 rings (SSSR count). The Labute approximate surface area is 110 Å². The monoisotopic (exact) mass is 247 g/mol. The van der Waals surface area contributed by atoms with E-state index in [1.807, 2.05) is 6.20 Å². The molecule has 0 aromatic carbocycles. The van der Waals surface area contributed by atoms with Gasteiger partial charge in [0.05, 0.1) is 6.20 Å². The van der Waals surface area contributed by atoms with Crippen molar-refractivity contribution in [1.82, 2.24) is 15.5 Å². The van der Waals surface area contributed by atoms with E-state index in [1.165, 1.54) is 50.5 Å². The topological polar surface area (TPSA) is 37.8 Å². The van der Waals surface area contributed by atoms with E-state index in [-0.39, 0.29) is 0 Å². The lowest BCUT2D eigenvalue weighted by Crippen LogP contribution is -2.25. The maximum absolute atomic E-state index is 4.02. The Hall–Kier alpha value is -0.960. The first-order valence-electron chi connectivity index (χ1n) is 7.40. The van der Waals surface area contributed by atoms with E-state index < -0.39 is 0 Å². The SMILES string of the molecule is CCCNC(CC1CCCCC1)c1ccnnc1. The van der Waals surface area contributed by atoms with Crippen molar-refractivity contribution in [2.24, 2.45) is 5.92 Å². The van der Waals surface area contributed by atoms with E-state index in [9.17, 15) is 0 Å². The molecule has 0 bridgehead atoms. The van der Waals surface area contributed by atoms with Gasteiger partial charge >= 0.3 is 0 Å². The molecule has 1 fully saturated rings. The summed E-state index contributed by atoms with van der Waals surface area (Å²) in [6.07, 6.45) is 13.2. The average molecular weight is 247 g/mol. The molecule has 1 atom stereocenters. The van der Waals surface area contributed by atoms with Crippen LogP contribution in [0.2, 0.25) is 0 Å². The second-order valence-corrected chi connectivity index (χ2v) is 5.42. The Morgan fingerprint density at radius 2 is 2.11 bits per heavy atom. The summed E-state index contributed by atoms with van der Waals surface area (Å²) in [5.41, 5.74) is 1.30. The molecule has 0 amide bonds. The molecule has 1 aliphatic carbocycles. The molecule has 0 spiro atoms. The highest BCUT2D eigenvalue weighted by Gasteiger charge is 2.19. The van der Waals surface area contributed by atoms with Crippen molar-refractivity contribution >= 4 is 0 Å². The minimum Gasteiger partial charge on any atom is -0.310 e. The highest BCUT2D eigenvalue weighted by molar-refractivity contribution is 5.11. The van der Waals surface area contributed by atoms with Crippen LogP contribution in [0.3, 0.4) is 0 Å². The number of rotatable bonds is 6. The van der Waals surface area contributed by atoms with Crippen molar-refractivity contribution in [2.45, 2.75) is 57.9 Å². The Morgan fingerprint density at radius 3 is 2.78 bits per heavy atom. The summed E-state index contributed by atoms with van der Waals surface area (Å²) in [5.74, 6) is 0.890. The minimum atomic E-state index is 0.462. The molecule has 1 saturated carbocycles. The van der Waals surface area contributed by atoms with E-state index >= 15 is 0 Å². The van der Waals surface area contributed by atoms with Crippen LogP contribution in [0.4, 0.5) is 0 Å². The number of aromatic nitrogens is 2. The van der Waals surface area contributed by atoms with Gasteiger partial charge in [-0.25, -0.2) is 0 Å². The number of hydrogen-bond donors (Lipinski definition) is 1. The molecule has 0 radical (unpaired) electrons. The highest BCUT2D eigenvalue weighted by atomic mass is 15.1. The van der Waals surface area contributed by atoms with Crippen LogP contribution < -0.4 is 5.32 Å². The fourth-order valence-corrected chi connectivity index (χ4v) is 2.92. The van der Waals surface area contributed by atoms with E-state index in [2.05, 4.69) is 28.5 Å². The molecular formula is C15H25N3. The molecule has 1 unspecified atom stereocenters. The van der Waals surface area contributed by atoms with Gasteiger partial charge in [0.1, 0.15) is 0 Å². The molecule has 3 heteroatoms. The first-order valence-corrected chi connectivity index (χ1v) is 7.40. The zero-order valence-electron chi connectivity index (χ0n) is 11.4. The molecule has 0 saturated heterocycles. The fourth-order valence-electron chi connectivity index (χ4n) is 2.92. The molecule has 1 heterocycles. The quantitative estimate of drug-likeness (QED) is 0.836. The summed E-state index contributed by atoms with van der Waals surface area (Å²) < 4.78 is 0. The van der Waals surface area contributed by atoms with E-state index in [4.69, 9.17) is 0 Å². The normalized spacial score (nSPS) is 18.7. The van der Waals surface area contributed by atoms with Crippen LogP contribution in [0, 0.1) is 5.92 Å². The lowest BCUT2D eigenvalue weighted by atomic mass is 9.83. The van der Waals surface area contributed by atoms with Crippen molar-refractivity contribution in [3.63, 3.8) is 0 Å². The summed E-state index contributed by atoms with van der Waals surface area (Å²) in [5, 5.41) is 11.6. The van der Waals surface area contributed by atoms with Gasteiger partial charge < -0.3 is 5.32 Å². The summed E-state index contributed by atoms with van der Waals surface area (Å²) in [6.45, 7) is 3.30. The van der Waals surface area contributed by atoms with Gasteiger partial charge in [-0.1, -0.05) is 39.0 Å². The third-order valence-electron chi connectivity index (χ3n) is 3.94. The molecule has 1 aromatic rings. The van der Waals surface area contributed by atoms with Crippen molar-refractivity contribution in [2.75, 3.05) is 6.54 Å². The van der Waals surface area contributed by atoms with Crippen LogP contribution in [0.1, 0.15) is 63.5 Å². The second-order valence-electron chi connectivity index (χ2n) is 5.42. The first-order chi connectivity index (χ1) is 8.90. The predicted octanol–water partition coefficient (Wildman–Crippen LogP) is 3.49. The van der Waals surface area contributed by atoms with Crippen LogP contribution in [0.15, 0.2) is 18.5 Å². The number of nitrogens with one attached hydrogen (secondary N) is 1. The van der Waals surface area contributed by atoms with Gasteiger partial charge in [0.2, 0.25) is 0 Å². The van der Waals surface area contributed by atoms with Crippen LogP contribution in [0.25, 0.3) is 0 Å². The average Bonchev–Trinajstić information content (AvgIpc) is 2.45. The smallest absolute Gasteiger partial charge is 0.0544 e. The third kappa shape index (κ3) is 4.05. The van der Waals surface area contributed by atoms with Crippen molar-refractivity contribution in [3.05, 3.63) is 24.0 Å². The van der Waals surface area contributed by atoms with Gasteiger partial charge in [0.15, 0.2) is 0 Å². The first kappa shape index (κ1) is 13.5. The standard InChI is InChI=1S/C15H25N3/c1-2-9-16-15(14-8-10-17-18-12-14)11-13-6-4-3-5-7-13/h8,10,12-13,15-16H,2-7,9,11H2,1H3. The zero-order chi connectivity index (χ0) is 12.6. The summed E-state index contributed by atoms with van der Waals surface area (Å²) >= 11 is 0. The number of nitrogens with zero attached hydrogens (tertiary/aromatic N) is 2. The largest absolute Gasteiger partial charge is 0.310 e. The molecule has 3 nitrogen and oxygen atoms in total. The molecular weight excluding hydrogens is 222 g/mol. The predicted molar refractivity (Wildman–Crippen MR) is 74.3 cm³/mol. The third-order valence-corrected chi connectivity index (χ3v) is 3.94. The van der Waals surface area contributed by atoms with E-state index in [0.717, 1.165) is 12.5 Å². The maximum Gasteiger partial charge on any atom is 0.0544 e. The summed E-state index contributed by atoms with van der Waals surface area (Å²) in [6, 6.07) is 2.56. The Bertz CT molecular complexity index is 320. The summed E-state index contributed by atoms with van der Waals surface area (Å²) in [4.78, 5) is 0. The Balaban J connectivity index is 1.95. The second kappa shape index (κ2) is 7.47. The van der Waals surface area contributed by atoms with Crippen LogP contribution in [-0.2, 0) is 0 Å². The van der Waals surface area contributed by atoms with Crippen molar-refractivity contribution in [1.29, 1.82) is 0 Å². The van der Waals surface area contributed by atoms with Gasteiger partial charge in [-0.05, 0) is 36.9 Å². The molecule has 0 aliphatic heterocycles. The highest BCUT2D eigenvalue weighted by Crippen LogP contribution is 2.31. The molecule has 100 valence electrons. The molecule has 18 heavy (non-hydrogen) atoms. The molecule has 1 aliphatic rings. The Morgan fingerprint density at radius 1 is 1.28 bits per heavy atom. The lowest BCUT2D eigenvalue weighted by molar-refractivity contribution is 0.299. The van der Waals surface area contributed by atoms with E-state index in [1.54, 1.807) is 6.20 Å². The lowest BCUT2D eigenvalue weighted by Gasteiger charge is -2.27. The van der Waals surface area contributed by atoms with Gasteiger partial charge in [0, 0.05) is 12.2 Å².